The minimum absolute atomic E-state index is 0.0800. The third-order valence-corrected chi connectivity index (χ3v) is 1.52. The van der Waals surface area contributed by atoms with Crippen LogP contribution in [0.4, 0.5) is 13.2 Å². The summed E-state index contributed by atoms with van der Waals surface area (Å²) in [7, 11) is 0. The lowest BCUT2D eigenvalue weighted by Gasteiger charge is -2.15. The summed E-state index contributed by atoms with van der Waals surface area (Å²) < 4.78 is 36.5. The third-order valence-electron chi connectivity index (χ3n) is 1.20. The quantitative estimate of drug-likeness (QED) is 0.516. The van der Waals surface area contributed by atoms with E-state index in [9.17, 15) is 13.2 Å². The van der Waals surface area contributed by atoms with Crippen LogP contribution in [0.15, 0.2) is 0 Å². The smallest absolute Gasteiger partial charge is 0.293 e. The number of halogens is 4. The zero-order valence-corrected chi connectivity index (χ0v) is 6.97. The summed E-state index contributed by atoms with van der Waals surface area (Å²) in [6.45, 7) is 2.46. The summed E-state index contributed by atoms with van der Waals surface area (Å²) in [6, 6.07) is 0. The van der Waals surface area contributed by atoms with Gasteiger partial charge in [0.15, 0.2) is 0 Å². The monoisotopic (exact) mass is 189 g/mol. The summed E-state index contributed by atoms with van der Waals surface area (Å²) in [5.41, 5.74) is -2.58. The molecule has 0 heterocycles. The maximum atomic E-state index is 12.3. The fraction of sp³-hybridized carbons (Fsp3) is 1.00. The highest BCUT2D eigenvalue weighted by molar-refractivity contribution is 6.20. The maximum Gasteiger partial charge on any atom is 0.293 e. The van der Waals surface area contributed by atoms with Crippen LogP contribution in [0.3, 0.4) is 0 Å². The summed E-state index contributed by atoms with van der Waals surface area (Å²) in [5, 5.41) is 2.65. The van der Waals surface area contributed by atoms with Crippen molar-refractivity contribution in [2.75, 3.05) is 13.1 Å². The van der Waals surface area contributed by atoms with Gasteiger partial charge in [-0.25, -0.2) is 13.2 Å². The molecular formula is C6H11ClF3N. The fourth-order valence-electron chi connectivity index (χ4n) is 0.541. The Morgan fingerprint density at radius 3 is 2.45 bits per heavy atom. The van der Waals surface area contributed by atoms with Crippen LogP contribution in [0.1, 0.15) is 13.3 Å². The predicted octanol–water partition coefficient (Wildman–Crippen LogP) is 2.16. The van der Waals surface area contributed by atoms with Crippen molar-refractivity contribution in [3.8, 4) is 0 Å². The van der Waals surface area contributed by atoms with Gasteiger partial charge in [0.2, 0.25) is 5.63 Å². The molecular weight excluding hydrogens is 179 g/mol. The molecule has 0 aromatic carbocycles. The van der Waals surface area contributed by atoms with Crippen LogP contribution in [0.5, 0.6) is 0 Å². The van der Waals surface area contributed by atoms with E-state index >= 15 is 0 Å². The van der Waals surface area contributed by atoms with Crippen molar-refractivity contribution in [3.05, 3.63) is 0 Å². The van der Waals surface area contributed by atoms with E-state index < -0.39 is 18.0 Å². The summed E-state index contributed by atoms with van der Waals surface area (Å²) in [5.74, 6) is -3.41. The van der Waals surface area contributed by atoms with E-state index in [-0.39, 0.29) is 6.54 Å². The van der Waals surface area contributed by atoms with Crippen LogP contribution < -0.4 is 5.32 Å². The van der Waals surface area contributed by atoms with E-state index in [1.54, 1.807) is 6.92 Å². The lowest BCUT2D eigenvalue weighted by atomic mass is 10.2. The van der Waals surface area contributed by atoms with Gasteiger partial charge in [-0.3, -0.25) is 0 Å². The highest BCUT2D eigenvalue weighted by atomic mass is 35.5. The summed E-state index contributed by atoms with van der Waals surface area (Å²) >= 11 is 4.60. The zero-order valence-electron chi connectivity index (χ0n) is 6.21. The Labute approximate surface area is 68.9 Å². The molecule has 0 aliphatic rings. The highest BCUT2D eigenvalue weighted by Crippen LogP contribution is 2.27. The number of nitrogens with one attached hydrogen (secondary N) is 1. The van der Waals surface area contributed by atoms with E-state index in [2.05, 4.69) is 16.9 Å². The van der Waals surface area contributed by atoms with Crippen molar-refractivity contribution >= 4 is 11.6 Å². The van der Waals surface area contributed by atoms with Crippen LogP contribution in [0, 0.1) is 0 Å². The van der Waals surface area contributed by atoms with Gasteiger partial charge in [0, 0.05) is 13.0 Å². The standard InChI is InChI=1S/C6H11ClF3N/c1-2-11-4-3-6(9,10)5(7)8/h5,11H,2-4H2,1H3. The Morgan fingerprint density at radius 1 is 1.55 bits per heavy atom. The van der Waals surface area contributed by atoms with Gasteiger partial charge in [0.1, 0.15) is 0 Å². The Balaban J connectivity index is 3.55. The van der Waals surface area contributed by atoms with E-state index in [0.29, 0.717) is 6.54 Å². The minimum Gasteiger partial charge on any atom is -0.317 e. The molecule has 0 fully saturated rings. The molecule has 0 aliphatic heterocycles. The number of hydrogen-bond donors (Lipinski definition) is 1. The van der Waals surface area contributed by atoms with Crippen LogP contribution in [0.2, 0.25) is 0 Å². The normalized spacial score (nSPS) is 15.0. The molecule has 0 saturated heterocycles. The first-order valence-electron chi connectivity index (χ1n) is 3.37. The average Bonchev–Trinajstić information content (AvgIpc) is 1.88. The van der Waals surface area contributed by atoms with E-state index in [4.69, 9.17) is 0 Å². The molecule has 1 unspecified atom stereocenters. The number of alkyl halides is 4. The lowest BCUT2D eigenvalue weighted by Crippen LogP contribution is -2.30. The second-order valence-electron chi connectivity index (χ2n) is 2.17. The first-order chi connectivity index (χ1) is 5.00. The molecule has 11 heavy (non-hydrogen) atoms. The maximum absolute atomic E-state index is 12.3. The van der Waals surface area contributed by atoms with Gasteiger partial charge in [0.25, 0.3) is 5.92 Å². The molecule has 5 heteroatoms. The number of rotatable bonds is 5. The molecule has 0 amide bonds. The van der Waals surface area contributed by atoms with Crippen LogP contribution in [0.25, 0.3) is 0 Å². The van der Waals surface area contributed by atoms with Gasteiger partial charge >= 0.3 is 0 Å². The molecule has 1 nitrogen and oxygen atoms in total. The Bertz CT molecular complexity index is 108. The molecule has 0 spiro atoms. The van der Waals surface area contributed by atoms with E-state index in [0.717, 1.165) is 0 Å². The molecule has 0 aromatic heterocycles. The van der Waals surface area contributed by atoms with Gasteiger partial charge in [-0.05, 0) is 6.54 Å². The zero-order chi connectivity index (χ0) is 8.91. The van der Waals surface area contributed by atoms with Crippen molar-refractivity contribution in [3.63, 3.8) is 0 Å². The second kappa shape index (κ2) is 4.83. The third kappa shape index (κ3) is 4.48. The van der Waals surface area contributed by atoms with Gasteiger partial charge in [0.05, 0.1) is 0 Å². The Morgan fingerprint density at radius 2 is 2.09 bits per heavy atom. The molecule has 1 N–H and O–H groups in total. The van der Waals surface area contributed by atoms with Crippen LogP contribution in [-0.2, 0) is 0 Å². The number of hydrogen-bond acceptors (Lipinski definition) is 1. The van der Waals surface area contributed by atoms with Crippen molar-refractivity contribution in [1.82, 2.24) is 5.32 Å². The Kier molecular flexibility index (Phi) is 4.84. The molecule has 0 bridgehead atoms. The van der Waals surface area contributed by atoms with Crippen molar-refractivity contribution < 1.29 is 13.2 Å². The highest BCUT2D eigenvalue weighted by Gasteiger charge is 2.37. The average molecular weight is 190 g/mol. The van der Waals surface area contributed by atoms with Crippen LogP contribution >= 0.6 is 11.6 Å². The second-order valence-corrected chi connectivity index (χ2v) is 2.55. The van der Waals surface area contributed by atoms with Gasteiger partial charge in [-0.1, -0.05) is 18.5 Å². The topological polar surface area (TPSA) is 12.0 Å². The molecule has 0 saturated carbocycles. The predicted molar refractivity (Wildman–Crippen MR) is 38.9 cm³/mol. The van der Waals surface area contributed by atoms with Gasteiger partial charge in [-0.2, -0.15) is 0 Å². The lowest BCUT2D eigenvalue weighted by molar-refractivity contribution is -0.0465. The molecule has 0 radical (unpaired) electrons. The molecule has 1 atom stereocenters. The van der Waals surface area contributed by atoms with Gasteiger partial charge < -0.3 is 5.32 Å². The SMILES string of the molecule is CCNCCC(F)(F)C(F)Cl. The first kappa shape index (κ1) is 11.0. The summed E-state index contributed by atoms with van der Waals surface area (Å²) in [6.07, 6.45) is -0.564. The molecule has 0 aliphatic carbocycles. The van der Waals surface area contributed by atoms with Crippen LogP contribution in [-0.4, -0.2) is 24.6 Å². The van der Waals surface area contributed by atoms with E-state index in [1.165, 1.54) is 0 Å². The first-order valence-corrected chi connectivity index (χ1v) is 3.81. The largest absolute Gasteiger partial charge is 0.317 e. The molecule has 68 valence electrons. The molecule has 0 aromatic rings. The molecule has 0 rings (SSSR count). The fourth-order valence-corrected chi connectivity index (χ4v) is 0.650. The van der Waals surface area contributed by atoms with Gasteiger partial charge in [-0.15, -0.1) is 0 Å². The van der Waals surface area contributed by atoms with Crippen molar-refractivity contribution in [2.45, 2.75) is 24.9 Å². The van der Waals surface area contributed by atoms with Crippen molar-refractivity contribution in [2.24, 2.45) is 0 Å². The van der Waals surface area contributed by atoms with E-state index in [1.807, 2.05) is 0 Å². The Hall–Kier alpha value is 0.0400. The van der Waals surface area contributed by atoms with Crippen molar-refractivity contribution in [1.29, 1.82) is 0 Å². The summed E-state index contributed by atoms with van der Waals surface area (Å²) in [4.78, 5) is 0. The minimum atomic E-state index is -3.41.